The van der Waals surface area contributed by atoms with E-state index < -0.39 is 5.82 Å². The maximum Gasteiger partial charge on any atom is 0.159 e. The van der Waals surface area contributed by atoms with E-state index in [1.807, 2.05) is 6.07 Å². The summed E-state index contributed by atoms with van der Waals surface area (Å²) in [5.41, 5.74) is 5.89. The highest BCUT2D eigenvalue weighted by atomic mass is 19.1. The Balaban J connectivity index is 1.43. The van der Waals surface area contributed by atoms with Crippen molar-refractivity contribution in [3.05, 3.63) is 91.0 Å². The van der Waals surface area contributed by atoms with E-state index in [-0.39, 0.29) is 11.2 Å². The number of aromatic amines is 2. The van der Waals surface area contributed by atoms with E-state index in [1.54, 1.807) is 42.9 Å². The first kappa shape index (κ1) is 24.4. The topological polar surface area (TPSA) is 95.2 Å². The van der Waals surface area contributed by atoms with E-state index in [1.165, 1.54) is 18.2 Å². The Kier molecular flexibility index (Phi) is 5.71. The minimum atomic E-state index is -0.409. The summed E-state index contributed by atoms with van der Waals surface area (Å²) in [4.78, 5) is 16.8. The number of rotatable bonds is 5. The number of imidazole rings is 1. The number of hydrogen-bond donors (Lipinski definition) is 3. The molecule has 0 aliphatic rings. The molecular formula is C30H25F2N7. The number of fused-ring (bicyclic) bond motifs is 2. The number of nitrogens with zero attached hydrogens (tertiary/aromatic N) is 4. The normalized spacial score (nSPS) is 11.8. The second-order valence-corrected chi connectivity index (χ2v) is 10.4. The lowest BCUT2D eigenvalue weighted by Gasteiger charge is -2.23. The third kappa shape index (κ3) is 4.52. The summed E-state index contributed by atoms with van der Waals surface area (Å²) in [5, 5.41) is 11.3. The number of anilines is 1. The number of aromatic nitrogens is 6. The van der Waals surface area contributed by atoms with Gasteiger partial charge >= 0.3 is 0 Å². The summed E-state index contributed by atoms with van der Waals surface area (Å²) in [6.45, 7) is 10.3. The van der Waals surface area contributed by atoms with Crippen molar-refractivity contribution in [1.29, 1.82) is 0 Å². The third-order valence-corrected chi connectivity index (χ3v) is 6.62. The average Bonchev–Trinajstić information content (AvgIpc) is 3.51. The molecule has 9 heteroatoms. The lowest BCUT2D eigenvalue weighted by atomic mass is 9.93. The van der Waals surface area contributed by atoms with Crippen molar-refractivity contribution in [1.82, 2.24) is 30.1 Å². The number of hydrogen-bond acceptors (Lipinski definition) is 5. The quantitative estimate of drug-likeness (QED) is 0.219. The molecule has 2 aromatic carbocycles. The van der Waals surface area contributed by atoms with E-state index in [0.29, 0.717) is 56.0 Å². The van der Waals surface area contributed by atoms with Crippen LogP contribution in [0.5, 0.6) is 0 Å². The number of benzene rings is 2. The molecule has 0 fully saturated rings. The van der Waals surface area contributed by atoms with Gasteiger partial charge in [0, 0.05) is 51.6 Å². The van der Waals surface area contributed by atoms with Crippen molar-refractivity contribution in [2.75, 3.05) is 5.32 Å². The van der Waals surface area contributed by atoms with Crippen LogP contribution in [0.15, 0.2) is 79.4 Å². The number of allylic oxidation sites excluding steroid dienone is 1. The zero-order chi connectivity index (χ0) is 27.3. The summed E-state index contributed by atoms with van der Waals surface area (Å²) < 4.78 is 29.2. The fourth-order valence-corrected chi connectivity index (χ4v) is 4.35. The molecule has 0 radical (unpaired) electrons. The van der Waals surface area contributed by atoms with Crippen molar-refractivity contribution < 1.29 is 8.78 Å². The molecule has 0 saturated heterocycles. The first-order valence-electron chi connectivity index (χ1n) is 12.4. The Hall–Kier alpha value is -4.92. The van der Waals surface area contributed by atoms with Gasteiger partial charge in [0.15, 0.2) is 5.82 Å². The SMILES string of the molecule is C=C(Nc1cncc(-c2cc3c(-c4nc5c(-c6cccc(F)c6)nccc5[nH]4)n[nH]c3cc2F)c1)C(C)(C)C. The van der Waals surface area contributed by atoms with Crippen LogP contribution < -0.4 is 5.32 Å². The summed E-state index contributed by atoms with van der Waals surface area (Å²) >= 11 is 0. The predicted octanol–water partition coefficient (Wildman–Crippen LogP) is 7.48. The van der Waals surface area contributed by atoms with Crippen LogP contribution in [0.3, 0.4) is 0 Å². The molecule has 4 heterocycles. The Morgan fingerprint density at radius 3 is 2.59 bits per heavy atom. The van der Waals surface area contributed by atoms with E-state index >= 15 is 4.39 Å². The molecular weight excluding hydrogens is 496 g/mol. The highest BCUT2D eigenvalue weighted by Crippen LogP contribution is 2.35. The number of halogens is 2. The van der Waals surface area contributed by atoms with Crippen molar-refractivity contribution in [2.45, 2.75) is 20.8 Å². The summed E-state index contributed by atoms with van der Waals surface area (Å²) in [5.74, 6) is -0.283. The predicted molar refractivity (Wildman–Crippen MR) is 150 cm³/mol. The molecule has 3 N–H and O–H groups in total. The molecule has 0 aliphatic carbocycles. The molecule has 0 spiro atoms. The van der Waals surface area contributed by atoms with Crippen LogP contribution in [0.2, 0.25) is 0 Å². The van der Waals surface area contributed by atoms with Crippen molar-refractivity contribution >= 4 is 27.6 Å². The Bertz CT molecular complexity index is 1880. The molecule has 7 nitrogen and oxygen atoms in total. The minimum absolute atomic E-state index is 0.150. The van der Waals surface area contributed by atoms with Gasteiger partial charge in [0.25, 0.3) is 0 Å². The summed E-state index contributed by atoms with van der Waals surface area (Å²) in [6, 6.07) is 13.0. The van der Waals surface area contributed by atoms with Gasteiger partial charge in [-0.05, 0) is 30.3 Å². The first-order chi connectivity index (χ1) is 18.7. The van der Waals surface area contributed by atoms with Gasteiger partial charge in [-0.15, -0.1) is 0 Å². The van der Waals surface area contributed by atoms with Crippen LogP contribution in [0.4, 0.5) is 14.5 Å². The standard InChI is InChI=1S/C30H25F2N7/c1-16(30(2,3)4)35-20-11-18(14-33-15-20)21-12-22-25(13-23(21)32)38-39-27(22)29-36-24-8-9-34-26(28(24)37-29)17-6-5-7-19(31)10-17/h5-15,35H,1H2,2-4H3,(H,36,37)(H,38,39). The smallest absolute Gasteiger partial charge is 0.159 e. The maximum absolute atomic E-state index is 15.3. The minimum Gasteiger partial charge on any atom is -0.358 e. The fourth-order valence-electron chi connectivity index (χ4n) is 4.35. The van der Waals surface area contributed by atoms with Gasteiger partial charge < -0.3 is 10.3 Å². The van der Waals surface area contributed by atoms with Crippen molar-refractivity contribution in [2.24, 2.45) is 5.41 Å². The molecule has 194 valence electrons. The molecule has 39 heavy (non-hydrogen) atoms. The molecule has 0 unspecified atom stereocenters. The molecule has 0 aliphatic heterocycles. The number of pyridine rings is 2. The van der Waals surface area contributed by atoms with Crippen LogP contribution in [-0.2, 0) is 0 Å². The summed E-state index contributed by atoms with van der Waals surface area (Å²) in [7, 11) is 0. The van der Waals surface area contributed by atoms with Crippen LogP contribution in [0.25, 0.3) is 55.8 Å². The highest BCUT2D eigenvalue weighted by Gasteiger charge is 2.19. The van der Waals surface area contributed by atoms with Crippen LogP contribution in [0, 0.1) is 17.0 Å². The lowest BCUT2D eigenvalue weighted by molar-refractivity contribution is 0.509. The molecule has 4 aromatic heterocycles. The van der Waals surface area contributed by atoms with Gasteiger partial charge in [-0.25, -0.2) is 13.8 Å². The van der Waals surface area contributed by atoms with Crippen LogP contribution in [0.1, 0.15) is 20.8 Å². The molecule has 6 aromatic rings. The van der Waals surface area contributed by atoms with Gasteiger partial charge in [0.1, 0.15) is 22.8 Å². The Labute approximate surface area is 223 Å². The Morgan fingerprint density at radius 1 is 0.949 bits per heavy atom. The average molecular weight is 522 g/mol. The molecule has 0 atom stereocenters. The largest absolute Gasteiger partial charge is 0.358 e. The van der Waals surface area contributed by atoms with Gasteiger partial charge in [-0.2, -0.15) is 5.10 Å². The monoisotopic (exact) mass is 521 g/mol. The molecule has 0 saturated carbocycles. The zero-order valence-electron chi connectivity index (χ0n) is 21.6. The van der Waals surface area contributed by atoms with E-state index in [4.69, 9.17) is 4.98 Å². The van der Waals surface area contributed by atoms with Crippen molar-refractivity contribution in [3.63, 3.8) is 0 Å². The van der Waals surface area contributed by atoms with E-state index in [2.05, 4.69) is 57.8 Å². The fraction of sp³-hybridized carbons (Fsp3) is 0.133. The van der Waals surface area contributed by atoms with Crippen LogP contribution >= 0.6 is 0 Å². The van der Waals surface area contributed by atoms with E-state index in [9.17, 15) is 4.39 Å². The van der Waals surface area contributed by atoms with Gasteiger partial charge in [-0.1, -0.05) is 39.5 Å². The number of H-pyrrole nitrogens is 2. The third-order valence-electron chi connectivity index (χ3n) is 6.62. The highest BCUT2D eigenvalue weighted by molar-refractivity contribution is 5.97. The van der Waals surface area contributed by atoms with Gasteiger partial charge in [-0.3, -0.25) is 15.1 Å². The first-order valence-corrected chi connectivity index (χ1v) is 12.4. The van der Waals surface area contributed by atoms with Crippen LogP contribution in [-0.4, -0.2) is 30.1 Å². The lowest BCUT2D eigenvalue weighted by Crippen LogP contribution is -2.15. The second kappa shape index (κ2) is 9.13. The van der Waals surface area contributed by atoms with Gasteiger partial charge in [0.2, 0.25) is 0 Å². The molecule has 0 bridgehead atoms. The van der Waals surface area contributed by atoms with Crippen molar-refractivity contribution in [3.8, 4) is 33.9 Å². The summed E-state index contributed by atoms with van der Waals surface area (Å²) in [6.07, 6.45) is 4.94. The second-order valence-electron chi connectivity index (χ2n) is 10.4. The maximum atomic E-state index is 15.3. The van der Waals surface area contributed by atoms with Gasteiger partial charge in [0.05, 0.1) is 28.6 Å². The Morgan fingerprint density at radius 2 is 1.79 bits per heavy atom. The number of nitrogens with one attached hydrogen (secondary N) is 3. The zero-order valence-corrected chi connectivity index (χ0v) is 21.6. The van der Waals surface area contributed by atoms with E-state index in [0.717, 1.165) is 11.2 Å². The molecule has 0 amide bonds. The molecule has 6 rings (SSSR count).